The Hall–Kier alpha value is -0.610. The smallest absolute Gasteiger partial charge is 0.0927 e. The molecule has 0 saturated carbocycles. The molecule has 22 heavy (non-hydrogen) atoms. The summed E-state index contributed by atoms with van der Waals surface area (Å²) >= 11 is 4.10. The van der Waals surface area contributed by atoms with Gasteiger partial charge in [0.25, 0.3) is 0 Å². The molecular weight excluding hydrogens is 308 g/mol. The Morgan fingerprint density at radius 2 is 2.00 bits per heavy atom. The average Bonchev–Trinajstić information content (AvgIpc) is 2.44. The fourth-order valence-corrected chi connectivity index (χ4v) is 7.04. The monoisotopic (exact) mass is 336 g/mol. The Kier molecular flexibility index (Phi) is 6.27. The molecule has 0 aromatic heterocycles. The SMILES string of the molecule is CCC1CCSC(CCc2cc(C)cc(C)c2)(CC(=N)N)S1. The number of hydrogen-bond acceptors (Lipinski definition) is 3. The van der Waals surface area contributed by atoms with Crippen molar-refractivity contribution in [1.29, 1.82) is 5.41 Å². The van der Waals surface area contributed by atoms with E-state index >= 15 is 0 Å². The summed E-state index contributed by atoms with van der Waals surface area (Å²) < 4.78 is 0.0996. The molecule has 1 aromatic rings. The third-order valence-electron chi connectivity index (χ3n) is 4.18. The van der Waals surface area contributed by atoms with Gasteiger partial charge in [0.2, 0.25) is 0 Å². The first-order chi connectivity index (χ1) is 10.4. The lowest BCUT2D eigenvalue weighted by atomic mass is 10.0. The molecule has 1 aliphatic heterocycles. The molecule has 1 fully saturated rings. The molecule has 2 atom stereocenters. The van der Waals surface area contributed by atoms with E-state index in [0.29, 0.717) is 12.3 Å². The summed E-state index contributed by atoms with van der Waals surface area (Å²) in [6.45, 7) is 6.61. The van der Waals surface area contributed by atoms with Crippen LogP contribution in [0, 0.1) is 19.3 Å². The number of hydrogen-bond donors (Lipinski definition) is 2. The summed E-state index contributed by atoms with van der Waals surface area (Å²) in [7, 11) is 0. The van der Waals surface area contributed by atoms with Gasteiger partial charge in [-0.15, -0.1) is 23.5 Å². The number of amidine groups is 1. The molecule has 2 rings (SSSR count). The molecule has 0 spiro atoms. The second-order valence-corrected chi connectivity index (χ2v) is 9.81. The van der Waals surface area contributed by atoms with Gasteiger partial charge < -0.3 is 5.73 Å². The van der Waals surface area contributed by atoms with E-state index in [9.17, 15) is 0 Å². The number of benzene rings is 1. The van der Waals surface area contributed by atoms with Crippen LogP contribution in [-0.4, -0.2) is 20.9 Å². The van der Waals surface area contributed by atoms with Crippen LogP contribution in [0.1, 0.15) is 49.3 Å². The normalized spacial score (nSPS) is 25.1. The summed E-state index contributed by atoms with van der Waals surface area (Å²) in [5, 5.41) is 8.50. The minimum Gasteiger partial charge on any atom is -0.388 e. The molecule has 2 unspecified atom stereocenters. The molecule has 1 heterocycles. The molecule has 1 saturated heterocycles. The van der Waals surface area contributed by atoms with E-state index in [-0.39, 0.29) is 4.08 Å². The average molecular weight is 337 g/mol. The van der Waals surface area contributed by atoms with Crippen molar-refractivity contribution in [3.05, 3.63) is 34.9 Å². The van der Waals surface area contributed by atoms with Gasteiger partial charge in [-0.3, -0.25) is 5.41 Å². The van der Waals surface area contributed by atoms with Crippen LogP contribution in [0.15, 0.2) is 18.2 Å². The number of nitrogens with one attached hydrogen (secondary N) is 1. The first-order valence-corrected chi connectivity index (χ1v) is 10.0. The minimum atomic E-state index is 0.0996. The summed E-state index contributed by atoms with van der Waals surface area (Å²) in [6, 6.07) is 6.82. The molecule has 0 radical (unpaired) electrons. The van der Waals surface area contributed by atoms with E-state index in [1.165, 1.54) is 35.3 Å². The molecule has 2 nitrogen and oxygen atoms in total. The molecule has 1 aromatic carbocycles. The highest BCUT2D eigenvalue weighted by molar-refractivity contribution is 8.19. The van der Waals surface area contributed by atoms with Crippen LogP contribution in [0.3, 0.4) is 0 Å². The Bertz CT molecular complexity index is 510. The maximum absolute atomic E-state index is 7.78. The lowest BCUT2D eigenvalue weighted by molar-refractivity contribution is 0.694. The molecule has 0 bridgehead atoms. The van der Waals surface area contributed by atoms with Crippen molar-refractivity contribution in [1.82, 2.24) is 0 Å². The predicted molar refractivity (Wildman–Crippen MR) is 102 cm³/mol. The van der Waals surface area contributed by atoms with E-state index in [1.807, 2.05) is 11.8 Å². The number of nitrogens with two attached hydrogens (primary N) is 1. The fraction of sp³-hybridized carbons (Fsp3) is 0.611. The van der Waals surface area contributed by atoms with E-state index in [4.69, 9.17) is 11.1 Å². The van der Waals surface area contributed by atoms with Gasteiger partial charge in [-0.1, -0.05) is 36.2 Å². The highest BCUT2D eigenvalue weighted by Gasteiger charge is 2.37. The van der Waals surface area contributed by atoms with Gasteiger partial charge in [0, 0.05) is 11.7 Å². The molecule has 0 aliphatic carbocycles. The maximum Gasteiger partial charge on any atom is 0.0927 e. The van der Waals surface area contributed by atoms with E-state index in [0.717, 1.165) is 18.1 Å². The summed E-state index contributed by atoms with van der Waals surface area (Å²) in [6.07, 6.45) is 5.39. The zero-order valence-electron chi connectivity index (χ0n) is 13.9. The van der Waals surface area contributed by atoms with Crippen molar-refractivity contribution in [2.75, 3.05) is 5.75 Å². The third kappa shape index (κ3) is 4.95. The zero-order chi connectivity index (χ0) is 16.2. The summed E-state index contributed by atoms with van der Waals surface area (Å²) in [5.41, 5.74) is 9.86. The Balaban J connectivity index is 2.10. The van der Waals surface area contributed by atoms with Crippen molar-refractivity contribution in [3.8, 4) is 0 Å². The van der Waals surface area contributed by atoms with E-state index in [1.54, 1.807) is 0 Å². The Labute approximate surface area is 143 Å². The van der Waals surface area contributed by atoms with Crippen molar-refractivity contribution >= 4 is 29.4 Å². The third-order valence-corrected chi connectivity index (χ3v) is 7.81. The standard InChI is InChI=1S/C18H28N2S2/c1-4-16-6-8-21-18(22-16,12-17(19)20)7-5-15-10-13(2)9-14(3)11-15/h9-11,16H,4-8,12H2,1-3H3,(H3,19,20). The van der Waals surface area contributed by atoms with E-state index < -0.39 is 0 Å². The van der Waals surface area contributed by atoms with E-state index in [2.05, 4.69) is 50.7 Å². The second kappa shape index (κ2) is 7.78. The number of rotatable bonds is 6. The van der Waals surface area contributed by atoms with Crippen LogP contribution in [0.25, 0.3) is 0 Å². The van der Waals surface area contributed by atoms with Gasteiger partial charge >= 0.3 is 0 Å². The maximum atomic E-state index is 7.78. The van der Waals surface area contributed by atoms with Gasteiger partial charge in [0.15, 0.2) is 0 Å². The van der Waals surface area contributed by atoms with Gasteiger partial charge in [-0.25, -0.2) is 0 Å². The molecule has 0 amide bonds. The van der Waals surface area contributed by atoms with Crippen molar-refractivity contribution in [2.24, 2.45) is 5.73 Å². The van der Waals surface area contributed by atoms with Gasteiger partial charge in [0.1, 0.15) is 0 Å². The fourth-order valence-electron chi connectivity index (χ4n) is 3.21. The predicted octanol–water partition coefficient (Wildman–Crippen LogP) is 4.91. The molecule has 122 valence electrons. The molecule has 1 aliphatic rings. The van der Waals surface area contributed by atoms with Gasteiger partial charge in [-0.05, 0) is 50.8 Å². The number of thioether (sulfide) groups is 2. The van der Waals surface area contributed by atoms with Crippen molar-refractivity contribution < 1.29 is 0 Å². The quantitative estimate of drug-likeness (QED) is 0.573. The first kappa shape index (κ1) is 17.7. The Morgan fingerprint density at radius 3 is 2.59 bits per heavy atom. The molecular formula is C18H28N2S2. The minimum absolute atomic E-state index is 0.0996. The van der Waals surface area contributed by atoms with Crippen LogP contribution in [0.4, 0.5) is 0 Å². The highest BCUT2D eigenvalue weighted by atomic mass is 32.2. The van der Waals surface area contributed by atoms with Gasteiger partial charge in [0.05, 0.1) is 9.91 Å². The second-order valence-electron chi connectivity index (χ2n) is 6.39. The van der Waals surface area contributed by atoms with Crippen LogP contribution in [-0.2, 0) is 6.42 Å². The highest BCUT2D eigenvalue weighted by Crippen LogP contribution is 2.51. The largest absolute Gasteiger partial charge is 0.388 e. The summed E-state index contributed by atoms with van der Waals surface area (Å²) in [5.74, 6) is 1.53. The first-order valence-electron chi connectivity index (χ1n) is 8.14. The lowest BCUT2D eigenvalue weighted by Crippen LogP contribution is -2.34. The Morgan fingerprint density at radius 1 is 1.32 bits per heavy atom. The lowest BCUT2D eigenvalue weighted by Gasteiger charge is -2.40. The summed E-state index contributed by atoms with van der Waals surface area (Å²) in [4.78, 5) is 0. The molecule has 3 N–H and O–H groups in total. The van der Waals surface area contributed by atoms with Crippen LogP contribution in [0.2, 0.25) is 0 Å². The number of aryl methyl sites for hydroxylation is 3. The van der Waals surface area contributed by atoms with Gasteiger partial charge in [-0.2, -0.15) is 0 Å². The topological polar surface area (TPSA) is 49.9 Å². The van der Waals surface area contributed by atoms with Crippen LogP contribution >= 0.6 is 23.5 Å². The van der Waals surface area contributed by atoms with Crippen molar-refractivity contribution in [2.45, 2.75) is 62.2 Å². The molecule has 4 heteroatoms. The zero-order valence-corrected chi connectivity index (χ0v) is 15.6. The van der Waals surface area contributed by atoms with Crippen molar-refractivity contribution in [3.63, 3.8) is 0 Å². The van der Waals surface area contributed by atoms with Crippen LogP contribution < -0.4 is 5.73 Å². The van der Waals surface area contributed by atoms with Crippen LogP contribution in [0.5, 0.6) is 0 Å².